The van der Waals surface area contributed by atoms with E-state index >= 15 is 0 Å². The maximum Gasteiger partial charge on any atom is 0.260 e. The van der Waals surface area contributed by atoms with Gasteiger partial charge in [-0.1, -0.05) is 42.8 Å². The number of unbranched alkanes of at least 4 members (excludes halogenated alkanes) is 2. The van der Waals surface area contributed by atoms with Crippen LogP contribution in [0, 0.1) is 5.92 Å². The van der Waals surface area contributed by atoms with Gasteiger partial charge < -0.3 is 14.4 Å². The summed E-state index contributed by atoms with van der Waals surface area (Å²) in [4.78, 5) is 57.9. The Labute approximate surface area is 232 Å². The number of amides is 3. The number of carbonyl (C=O) groups excluding carboxylic acids is 3. The van der Waals surface area contributed by atoms with Gasteiger partial charge in [0.2, 0.25) is 5.91 Å². The smallest absolute Gasteiger partial charge is 0.260 e. The summed E-state index contributed by atoms with van der Waals surface area (Å²) >= 11 is 0. The molecule has 2 aromatic carbocycles. The summed E-state index contributed by atoms with van der Waals surface area (Å²) in [7, 11) is 0. The third-order valence-electron chi connectivity index (χ3n) is 9.00. The van der Waals surface area contributed by atoms with E-state index in [1.54, 1.807) is 17.0 Å². The van der Waals surface area contributed by atoms with Gasteiger partial charge in [-0.3, -0.25) is 24.1 Å². The number of hydrogen-bond acceptors (Lipinski definition) is 4. The van der Waals surface area contributed by atoms with Crippen molar-refractivity contribution in [2.75, 3.05) is 24.5 Å². The van der Waals surface area contributed by atoms with Crippen molar-refractivity contribution in [3.63, 3.8) is 0 Å². The van der Waals surface area contributed by atoms with Crippen LogP contribution in [0.25, 0.3) is 0 Å². The SMILES string of the molecule is O=C(CCCCCN1C(=O)c2ccccc2N2C(=O)c3ccccc3[C@@H]12)N1C[C@@H]2C[C@H](C1)c1cccc(=O)n1C2. The Morgan fingerprint density at radius 1 is 0.775 bits per heavy atom. The topological polar surface area (TPSA) is 82.9 Å². The molecule has 0 saturated carbocycles. The van der Waals surface area contributed by atoms with Crippen molar-refractivity contribution in [2.45, 2.75) is 50.7 Å². The third-order valence-corrected chi connectivity index (χ3v) is 9.00. The van der Waals surface area contributed by atoms with Crippen LogP contribution in [-0.2, 0) is 11.3 Å². The predicted molar refractivity (Wildman–Crippen MR) is 150 cm³/mol. The summed E-state index contributed by atoms with van der Waals surface area (Å²) in [6, 6.07) is 20.3. The number of carbonyl (C=O) groups is 3. The number of nitrogens with zero attached hydrogens (tertiary/aromatic N) is 4. The van der Waals surface area contributed by atoms with Crippen LogP contribution < -0.4 is 10.5 Å². The van der Waals surface area contributed by atoms with E-state index in [1.165, 1.54) is 0 Å². The summed E-state index contributed by atoms with van der Waals surface area (Å²) in [6.07, 6.45) is 3.40. The maximum absolute atomic E-state index is 13.6. The lowest BCUT2D eigenvalue weighted by atomic mass is 9.83. The number of hydrogen-bond donors (Lipinski definition) is 0. The average Bonchev–Trinajstić information content (AvgIpc) is 3.27. The third kappa shape index (κ3) is 3.96. The Morgan fingerprint density at radius 2 is 1.57 bits per heavy atom. The van der Waals surface area contributed by atoms with Gasteiger partial charge in [0, 0.05) is 61.4 Å². The van der Waals surface area contributed by atoms with Crippen molar-refractivity contribution in [1.82, 2.24) is 14.4 Å². The number of aromatic nitrogens is 1. The van der Waals surface area contributed by atoms with Crippen LogP contribution in [0.15, 0.2) is 71.5 Å². The number of rotatable bonds is 6. The number of likely N-dealkylation sites (tertiary alicyclic amines) is 1. The molecule has 2 bridgehead atoms. The van der Waals surface area contributed by atoms with Crippen LogP contribution in [0.4, 0.5) is 5.69 Å². The van der Waals surface area contributed by atoms with Gasteiger partial charge >= 0.3 is 0 Å². The van der Waals surface area contributed by atoms with E-state index in [4.69, 9.17) is 0 Å². The second-order valence-corrected chi connectivity index (χ2v) is 11.5. The molecule has 1 saturated heterocycles. The molecule has 1 aromatic heterocycles. The number of fused-ring (bicyclic) bond motifs is 9. The highest BCUT2D eigenvalue weighted by atomic mass is 16.2. The molecule has 40 heavy (non-hydrogen) atoms. The summed E-state index contributed by atoms with van der Waals surface area (Å²) < 4.78 is 1.89. The largest absolute Gasteiger partial charge is 0.342 e. The highest BCUT2D eigenvalue weighted by Crippen LogP contribution is 2.45. The minimum absolute atomic E-state index is 0.0521. The molecule has 0 aliphatic carbocycles. The van der Waals surface area contributed by atoms with E-state index in [-0.39, 0.29) is 29.2 Å². The molecular weight excluding hydrogens is 504 g/mol. The fourth-order valence-electron chi connectivity index (χ4n) is 7.19. The minimum Gasteiger partial charge on any atom is -0.342 e. The van der Waals surface area contributed by atoms with Gasteiger partial charge in [0.05, 0.1) is 11.3 Å². The zero-order chi connectivity index (χ0) is 27.4. The van der Waals surface area contributed by atoms with Gasteiger partial charge in [0.1, 0.15) is 6.17 Å². The molecule has 3 amide bonds. The van der Waals surface area contributed by atoms with E-state index in [2.05, 4.69) is 0 Å². The molecular formula is C32H32N4O4. The van der Waals surface area contributed by atoms with E-state index < -0.39 is 6.17 Å². The number of benzene rings is 2. The van der Waals surface area contributed by atoms with Crippen molar-refractivity contribution < 1.29 is 14.4 Å². The molecule has 7 rings (SSSR count). The zero-order valence-corrected chi connectivity index (χ0v) is 22.4. The Morgan fingerprint density at radius 3 is 2.45 bits per heavy atom. The van der Waals surface area contributed by atoms with Crippen LogP contribution in [0.3, 0.4) is 0 Å². The molecule has 3 aromatic rings. The van der Waals surface area contributed by atoms with E-state index in [1.807, 2.05) is 69.0 Å². The van der Waals surface area contributed by atoms with Crippen LogP contribution in [0.5, 0.6) is 0 Å². The first-order valence-electron chi connectivity index (χ1n) is 14.3. The second-order valence-electron chi connectivity index (χ2n) is 11.5. The van der Waals surface area contributed by atoms with Crippen molar-refractivity contribution in [2.24, 2.45) is 5.92 Å². The van der Waals surface area contributed by atoms with Crippen molar-refractivity contribution in [1.29, 1.82) is 0 Å². The van der Waals surface area contributed by atoms with Gasteiger partial charge in [-0.15, -0.1) is 0 Å². The minimum atomic E-state index is -0.434. The molecule has 0 unspecified atom stereocenters. The first-order chi connectivity index (χ1) is 19.5. The molecule has 4 aliphatic heterocycles. The van der Waals surface area contributed by atoms with Crippen molar-refractivity contribution in [3.8, 4) is 0 Å². The number of anilines is 1. The number of pyridine rings is 1. The monoisotopic (exact) mass is 536 g/mol. The van der Waals surface area contributed by atoms with Crippen molar-refractivity contribution in [3.05, 3.63) is 99.5 Å². The van der Waals surface area contributed by atoms with Gasteiger partial charge in [-0.25, -0.2) is 0 Å². The highest BCUT2D eigenvalue weighted by Gasteiger charge is 2.47. The molecule has 5 heterocycles. The Bertz CT molecular complexity index is 1580. The fourth-order valence-corrected chi connectivity index (χ4v) is 7.19. The lowest BCUT2D eigenvalue weighted by Crippen LogP contribution is -2.49. The Balaban J connectivity index is 0.985. The molecule has 204 valence electrons. The van der Waals surface area contributed by atoms with Gasteiger partial charge in [0.25, 0.3) is 17.4 Å². The maximum atomic E-state index is 13.6. The van der Waals surface area contributed by atoms with Gasteiger partial charge in [0.15, 0.2) is 0 Å². The molecule has 0 N–H and O–H groups in total. The van der Waals surface area contributed by atoms with Gasteiger partial charge in [-0.2, -0.15) is 0 Å². The first kappa shape index (κ1) is 24.8. The van der Waals surface area contributed by atoms with Crippen LogP contribution in [0.2, 0.25) is 0 Å². The van der Waals surface area contributed by atoms with Crippen LogP contribution >= 0.6 is 0 Å². The lowest BCUT2D eigenvalue weighted by molar-refractivity contribution is -0.134. The summed E-state index contributed by atoms with van der Waals surface area (Å²) in [5.41, 5.74) is 3.83. The Kier molecular flexibility index (Phi) is 6.06. The zero-order valence-electron chi connectivity index (χ0n) is 22.4. The molecule has 0 radical (unpaired) electrons. The molecule has 8 heteroatoms. The molecule has 4 aliphatic rings. The summed E-state index contributed by atoms with van der Waals surface area (Å²) in [5, 5.41) is 0. The van der Waals surface area contributed by atoms with Crippen LogP contribution in [0.1, 0.15) is 76.2 Å². The summed E-state index contributed by atoms with van der Waals surface area (Å²) in [6.45, 7) is 2.59. The molecule has 0 spiro atoms. The molecule has 1 fully saturated rings. The number of piperidine rings is 1. The lowest BCUT2D eigenvalue weighted by Gasteiger charge is -2.42. The standard InChI is InChI=1S/C32H32N4O4/c37-28(33-18-21-17-22(20-33)26-13-8-15-29(38)35(26)19-21)14-2-1-7-16-34-30-23-9-3-4-10-24(23)32(40)36(30)27-12-6-5-11-25(27)31(34)39/h3-6,8-13,15,21-22,30H,1-2,7,14,16-20H2/t21-,22+,30-/m0/s1. The predicted octanol–water partition coefficient (Wildman–Crippen LogP) is 4.17. The second kappa shape index (κ2) is 9.77. The average molecular weight is 537 g/mol. The highest BCUT2D eigenvalue weighted by molar-refractivity contribution is 6.16. The first-order valence-corrected chi connectivity index (χ1v) is 14.3. The van der Waals surface area contributed by atoms with E-state index in [0.29, 0.717) is 55.3 Å². The summed E-state index contributed by atoms with van der Waals surface area (Å²) in [5.74, 6) is 0.582. The van der Waals surface area contributed by atoms with Crippen molar-refractivity contribution >= 4 is 23.4 Å². The fraction of sp³-hybridized carbons (Fsp3) is 0.375. The number of para-hydroxylation sites is 1. The quantitative estimate of drug-likeness (QED) is 0.443. The van der Waals surface area contributed by atoms with Crippen LogP contribution in [-0.4, -0.2) is 51.7 Å². The van der Waals surface area contributed by atoms with Gasteiger partial charge in [-0.05, 0) is 49.4 Å². The van der Waals surface area contributed by atoms with E-state index in [0.717, 1.165) is 36.9 Å². The molecule has 8 nitrogen and oxygen atoms in total. The molecule has 3 atom stereocenters. The van der Waals surface area contributed by atoms with E-state index in [9.17, 15) is 19.2 Å². The Hall–Kier alpha value is -4.20. The normalized spacial score (nSPS) is 22.5.